The molecule has 3 rings (SSSR count). The molecule has 0 unspecified atom stereocenters. The standard InChI is InChI=1S/C15H14ClF3N4/c16-13-9-20-10-14(21-13)23-6-4-22(5-7-23)12-3-1-2-11(8-12)15(17,18)19/h1-3,8-10H,4-7H2. The highest BCUT2D eigenvalue weighted by Gasteiger charge is 2.31. The molecule has 1 aliphatic rings. The zero-order valence-corrected chi connectivity index (χ0v) is 12.8. The largest absolute Gasteiger partial charge is 0.416 e. The lowest BCUT2D eigenvalue weighted by molar-refractivity contribution is -0.137. The van der Waals surface area contributed by atoms with Crippen molar-refractivity contribution in [2.75, 3.05) is 36.0 Å². The molecule has 0 bridgehead atoms. The van der Waals surface area contributed by atoms with E-state index in [1.807, 2.05) is 9.80 Å². The van der Waals surface area contributed by atoms with Gasteiger partial charge < -0.3 is 9.80 Å². The highest BCUT2D eigenvalue weighted by molar-refractivity contribution is 6.29. The molecule has 1 aromatic carbocycles. The second-order valence-corrected chi connectivity index (χ2v) is 5.61. The van der Waals surface area contributed by atoms with E-state index in [2.05, 4.69) is 9.97 Å². The van der Waals surface area contributed by atoms with Crippen LogP contribution in [0, 0.1) is 0 Å². The Labute approximate surface area is 136 Å². The number of halogens is 4. The number of benzene rings is 1. The first-order valence-corrected chi connectivity index (χ1v) is 7.46. The fourth-order valence-corrected chi connectivity index (χ4v) is 2.70. The molecule has 4 nitrogen and oxygen atoms in total. The fourth-order valence-electron chi connectivity index (χ4n) is 2.56. The quantitative estimate of drug-likeness (QED) is 0.836. The predicted octanol–water partition coefficient (Wildman–Crippen LogP) is 3.48. The molecule has 122 valence electrons. The van der Waals surface area contributed by atoms with Crippen molar-refractivity contribution in [2.45, 2.75) is 6.18 Å². The minimum Gasteiger partial charge on any atom is -0.368 e. The van der Waals surface area contributed by atoms with Crippen molar-refractivity contribution >= 4 is 23.1 Å². The lowest BCUT2D eigenvalue weighted by Crippen LogP contribution is -2.46. The molecule has 2 heterocycles. The van der Waals surface area contributed by atoms with Gasteiger partial charge in [-0.05, 0) is 18.2 Å². The zero-order valence-electron chi connectivity index (χ0n) is 12.1. The summed E-state index contributed by atoms with van der Waals surface area (Å²) >= 11 is 5.83. The molecule has 1 aromatic heterocycles. The van der Waals surface area contributed by atoms with Crippen LogP contribution in [-0.4, -0.2) is 36.1 Å². The molecular formula is C15H14ClF3N4. The molecule has 2 aromatic rings. The van der Waals surface area contributed by atoms with Gasteiger partial charge in [0, 0.05) is 31.9 Å². The topological polar surface area (TPSA) is 32.3 Å². The average molecular weight is 343 g/mol. The van der Waals surface area contributed by atoms with E-state index in [0.717, 1.165) is 6.07 Å². The van der Waals surface area contributed by atoms with Gasteiger partial charge in [-0.15, -0.1) is 0 Å². The Kier molecular flexibility index (Phi) is 4.30. The van der Waals surface area contributed by atoms with Crippen molar-refractivity contribution in [2.24, 2.45) is 0 Å². The Morgan fingerprint density at radius 3 is 2.35 bits per heavy atom. The summed E-state index contributed by atoms with van der Waals surface area (Å²) in [6, 6.07) is 5.41. The van der Waals surface area contributed by atoms with E-state index in [1.165, 1.54) is 18.3 Å². The van der Waals surface area contributed by atoms with Gasteiger partial charge in [-0.2, -0.15) is 13.2 Å². The van der Waals surface area contributed by atoms with Crippen molar-refractivity contribution in [3.8, 4) is 0 Å². The van der Waals surface area contributed by atoms with Gasteiger partial charge in [0.25, 0.3) is 0 Å². The first-order chi connectivity index (χ1) is 10.9. The maximum atomic E-state index is 12.8. The number of aromatic nitrogens is 2. The molecule has 0 saturated carbocycles. The summed E-state index contributed by atoms with van der Waals surface area (Å²) in [5.41, 5.74) is -0.0465. The van der Waals surface area contributed by atoms with Crippen LogP contribution in [0.1, 0.15) is 5.56 Å². The summed E-state index contributed by atoms with van der Waals surface area (Å²) in [6.45, 7) is 2.50. The molecule has 0 spiro atoms. The molecule has 0 atom stereocenters. The van der Waals surface area contributed by atoms with Crippen LogP contribution in [0.4, 0.5) is 24.7 Å². The van der Waals surface area contributed by atoms with Gasteiger partial charge in [-0.25, -0.2) is 4.98 Å². The van der Waals surface area contributed by atoms with Crippen LogP contribution in [0.15, 0.2) is 36.7 Å². The van der Waals surface area contributed by atoms with E-state index < -0.39 is 11.7 Å². The van der Waals surface area contributed by atoms with Crippen LogP contribution in [0.3, 0.4) is 0 Å². The third-order valence-corrected chi connectivity index (χ3v) is 3.92. The van der Waals surface area contributed by atoms with Crippen LogP contribution in [0.25, 0.3) is 0 Å². The van der Waals surface area contributed by atoms with Crippen molar-refractivity contribution in [3.05, 3.63) is 47.4 Å². The van der Waals surface area contributed by atoms with Gasteiger partial charge in [0.15, 0.2) is 0 Å². The van der Waals surface area contributed by atoms with Crippen molar-refractivity contribution in [1.29, 1.82) is 0 Å². The van der Waals surface area contributed by atoms with E-state index in [4.69, 9.17) is 11.6 Å². The van der Waals surface area contributed by atoms with Gasteiger partial charge >= 0.3 is 6.18 Å². The molecule has 1 aliphatic heterocycles. The van der Waals surface area contributed by atoms with E-state index in [0.29, 0.717) is 42.8 Å². The second-order valence-electron chi connectivity index (χ2n) is 5.22. The van der Waals surface area contributed by atoms with Gasteiger partial charge in [-0.3, -0.25) is 4.98 Å². The third kappa shape index (κ3) is 3.67. The highest BCUT2D eigenvalue weighted by Crippen LogP contribution is 2.32. The monoisotopic (exact) mass is 342 g/mol. The average Bonchev–Trinajstić information content (AvgIpc) is 2.54. The lowest BCUT2D eigenvalue weighted by atomic mass is 10.1. The second kappa shape index (κ2) is 6.23. The fraction of sp³-hybridized carbons (Fsp3) is 0.333. The van der Waals surface area contributed by atoms with Gasteiger partial charge in [0.2, 0.25) is 0 Å². The SMILES string of the molecule is FC(F)(F)c1cccc(N2CCN(c3cncc(Cl)n3)CC2)c1. The van der Waals surface area contributed by atoms with Gasteiger partial charge in [0.05, 0.1) is 18.0 Å². The molecule has 1 fully saturated rings. The predicted molar refractivity (Wildman–Crippen MR) is 82.9 cm³/mol. The number of anilines is 2. The maximum absolute atomic E-state index is 12.8. The van der Waals surface area contributed by atoms with E-state index >= 15 is 0 Å². The summed E-state index contributed by atoms with van der Waals surface area (Å²) in [7, 11) is 0. The number of hydrogen-bond donors (Lipinski definition) is 0. The smallest absolute Gasteiger partial charge is 0.368 e. The van der Waals surface area contributed by atoms with E-state index in [9.17, 15) is 13.2 Å². The van der Waals surface area contributed by atoms with Crippen molar-refractivity contribution < 1.29 is 13.2 Å². The minimum absolute atomic E-state index is 0.322. The highest BCUT2D eigenvalue weighted by atomic mass is 35.5. The number of rotatable bonds is 2. The molecule has 0 amide bonds. The summed E-state index contributed by atoms with van der Waals surface area (Å²) < 4.78 is 38.4. The Balaban J connectivity index is 1.70. The van der Waals surface area contributed by atoms with E-state index in [-0.39, 0.29) is 0 Å². The Hall–Kier alpha value is -2.02. The number of piperazine rings is 1. The molecule has 0 radical (unpaired) electrons. The minimum atomic E-state index is -4.33. The lowest BCUT2D eigenvalue weighted by Gasteiger charge is -2.36. The van der Waals surface area contributed by atoms with Gasteiger partial charge in [0.1, 0.15) is 11.0 Å². The van der Waals surface area contributed by atoms with Crippen LogP contribution in [0.2, 0.25) is 5.15 Å². The molecule has 23 heavy (non-hydrogen) atoms. The third-order valence-electron chi connectivity index (χ3n) is 3.73. The zero-order chi connectivity index (χ0) is 16.4. The summed E-state index contributed by atoms with van der Waals surface area (Å²) in [5.74, 6) is 0.682. The Bertz CT molecular complexity index is 684. The molecule has 0 N–H and O–H groups in total. The van der Waals surface area contributed by atoms with Crippen LogP contribution in [-0.2, 0) is 6.18 Å². The van der Waals surface area contributed by atoms with E-state index in [1.54, 1.807) is 12.3 Å². The molecule has 0 aliphatic carbocycles. The number of alkyl halides is 3. The maximum Gasteiger partial charge on any atom is 0.416 e. The Morgan fingerprint density at radius 1 is 1.00 bits per heavy atom. The number of hydrogen-bond acceptors (Lipinski definition) is 4. The van der Waals surface area contributed by atoms with Gasteiger partial charge in [-0.1, -0.05) is 17.7 Å². The molecule has 8 heteroatoms. The summed E-state index contributed by atoms with van der Waals surface area (Å²) in [5, 5.41) is 0.322. The Morgan fingerprint density at radius 2 is 1.70 bits per heavy atom. The summed E-state index contributed by atoms with van der Waals surface area (Å²) in [4.78, 5) is 12.2. The summed E-state index contributed by atoms with van der Waals surface area (Å²) in [6.07, 6.45) is -1.23. The van der Waals surface area contributed by atoms with Crippen LogP contribution >= 0.6 is 11.6 Å². The first-order valence-electron chi connectivity index (χ1n) is 7.08. The molecule has 1 saturated heterocycles. The number of nitrogens with zero attached hydrogens (tertiary/aromatic N) is 4. The van der Waals surface area contributed by atoms with Crippen LogP contribution in [0.5, 0.6) is 0 Å². The van der Waals surface area contributed by atoms with Crippen molar-refractivity contribution in [3.63, 3.8) is 0 Å². The molecular weight excluding hydrogens is 329 g/mol. The normalized spacial score (nSPS) is 15.8. The van der Waals surface area contributed by atoms with Crippen LogP contribution < -0.4 is 9.80 Å². The first kappa shape index (κ1) is 15.9. The van der Waals surface area contributed by atoms with Crippen molar-refractivity contribution in [1.82, 2.24) is 9.97 Å².